The lowest BCUT2D eigenvalue weighted by molar-refractivity contribution is 0.228. The second-order valence-corrected chi connectivity index (χ2v) is 4.54. The van der Waals surface area contributed by atoms with Gasteiger partial charge in [0.1, 0.15) is 11.8 Å². The minimum atomic E-state index is -0.495. The van der Waals surface area contributed by atoms with Gasteiger partial charge in [-0.05, 0) is 30.7 Å². The topological polar surface area (TPSA) is 56.5 Å². The predicted molar refractivity (Wildman–Crippen MR) is 75.4 cm³/mol. The second-order valence-electron chi connectivity index (χ2n) is 4.54. The maximum absolute atomic E-state index is 10.1. The largest absolute Gasteiger partial charge is 0.497 e. The molecule has 1 N–H and O–H groups in total. The Labute approximate surface area is 115 Å². The highest BCUT2D eigenvalue weighted by Crippen LogP contribution is 2.21. The molecule has 0 aliphatic heterocycles. The van der Waals surface area contributed by atoms with E-state index in [1.54, 1.807) is 31.4 Å². The number of anilines is 1. The average molecular weight is 262 g/mol. The number of rotatable bonds is 8. The number of nitriles is 1. The zero-order valence-electron chi connectivity index (χ0n) is 11.7. The lowest BCUT2D eigenvalue weighted by Crippen LogP contribution is -2.30. The second kappa shape index (κ2) is 8.39. The Hall–Kier alpha value is -1.73. The molecule has 0 bridgehead atoms. The molecule has 0 heterocycles. The van der Waals surface area contributed by atoms with Crippen molar-refractivity contribution in [1.82, 2.24) is 0 Å². The molecule has 0 amide bonds. The first-order valence-corrected chi connectivity index (χ1v) is 6.74. The third-order valence-corrected chi connectivity index (χ3v) is 3.11. The number of ether oxygens (including phenoxy) is 1. The molecule has 0 radical (unpaired) electrons. The van der Waals surface area contributed by atoms with E-state index in [0.29, 0.717) is 12.1 Å². The van der Waals surface area contributed by atoms with E-state index in [2.05, 4.69) is 13.0 Å². The van der Waals surface area contributed by atoms with Crippen molar-refractivity contribution in [3.63, 3.8) is 0 Å². The summed E-state index contributed by atoms with van der Waals surface area (Å²) in [6, 6.07) is 8.68. The first-order valence-electron chi connectivity index (χ1n) is 6.74. The van der Waals surface area contributed by atoms with Crippen LogP contribution in [0.5, 0.6) is 5.75 Å². The molecule has 0 aliphatic rings. The Morgan fingerprint density at radius 1 is 1.26 bits per heavy atom. The van der Waals surface area contributed by atoms with Crippen molar-refractivity contribution in [2.45, 2.75) is 45.1 Å². The number of hydrogen-bond acceptors (Lipinski definition) is 4. The van der Waals surface area contributed by atoms with Crippen LogP contribution in [0.2, 0.25) is 0 Å². The fraction of sp³-hybridized carbons (Fsp3) is 0.533. The van der Waals surface area contributed by atoms with Crippen molar-refractivity contribution >= 4 is 5.69 Å². The summed E-state index contributed by atoms with van der Waals surface area (Å²) in [5, 5.41) is 20.3. The zero-order valence-corrected chi connectivity index (χ0v) is 11.7. The third-order valence-electron chi connectivity index (χ3n) is 3.11. The van der Waals surface area contributed by atoms with Crippen LogP contribution in [0.4, 0.5) is 5.69 Å². The molecule has 4 heteroatoms. The van der Waals surface area contributed by atoms with Crippen LogP contribution in [0.25, 0.3) is 0 Å². The van der Waals surface area contributed by atoms with Gasteiger partial charge in [0.25, 0.3) is 0 Å². The van der Waals surface area contributed by atoms with E-state index in [9.17, 15) is 5.21 Å². The van der Waals surface area contributed by atoms with Gasteiger partial charge in [-0.1, -0.05) is 32.6 Å². The maximum atomic E-state index is 10.1. The smallest absolute Gasteiger partial charge is 0.142 e. The first kappa shape index (κ1) is 15.3. The number of methoxy groups -OCH3 is 1. The molecule has 1 rings (SSSR count). The first-order chi connectivity index (χ1) is 9.22. The lowest BCUT2D eigenvalue weighted by Gasteiger charge is -2.22. The van der Waals surface area contributed by atoms with Crippen LogP contribution in [0, 0.1) is 11.3 Å². The number of hydroxylamine groups is 1. The maximum Gasteiger partial charge on any atom is 0.142 e. The summed E-state index contributed by atoms with van der Waals surface area (Å²) in [5.41, 5.74) is 0.614. The van der Waals surface area contributed by atoms with E-state index in [-0.39, 0.29) is 0 Å². The van der Waals surface area contributed by atoms with Gasteiger partial charge in [0.05, 0.1) is 18.9 Å². The Morgan fingerprint density at radius 2 is 1.95 bits per heavy atom. The van der Waals surface area contributed by atoms with Crippen molar-refractivity contribution in [3.05, 3.63) is 24.3 Å². The van der Waals surface area contributed by atoms with Gasteiger partial charge in [-0.3, -0.25) is 5.21 Å². The molecule has 0 saturated heterocycles. The van der Waals surface area contributed by atoms with Gasteiger partial charge >= 0.3 is 0 Å². The highest BCUT2D eigenvalue weighted by molar-refractivity contribution is 5.48. The van der Waals surface area contributed by atoms with Gasteiger partial charge in [0.15, 0.2) is 0 Å². The molecule has 0 aliphatic carbocycles. The van der Waals surface area contributed by atoms with Crippen LogP contribution in [0.15, 0.2) is 24.3 Å². The molecule has 0 aromatic heterocycles. The quantitative estimate of drug-likeness (QED) is 0.572. The highest BCUT2D eigenvalue weighted by atomic mass is 16.5. The molecule has 0 fully saturated rings. The summed E-state index contributed by atoms with van der Waals surface area (Å²) in [4.78, 5) is 0. The molecular formula is C15H22N2O2. The predicted octanol–water partition coefficient (Wildman–Crippen LogP) is 3.75. The summed E-state index contributed by atoms with van der Waals surface area (Å²) in [6.07, 6.45) is 5.08. The molecule has 1 aromatic carbocycles. The highest BCUT2D eigenvalue weighted by Gasteiger charge is 2.16. The minimum absolute atomic E-state index is 0.495. The van der Waals surface area contributed by atoms with Gasteiger partial charge in [0, 0.05) is 0 Å². The van der Waals surface area contributed by atoms with E-state index in [0.717, 1.165) is 23.7 Å². The molecule has 1 aromatic rings. The van der Waals surface area contributed by atoms with Crippen LogP contribution in [-0.4, -0.2) is 18.4 Å². The van der Waals surface area contributed by atoms with Crippen molar-refractivity contribution < 1.29 is 9.94 Å². The van der Waals surface area contributed by atoms with Crippen molar-refractivity contribution in [2.75, 3.05) is 12.2 Å². The summed E-state index contributed by atoms with van der Waals surface area (Å²) >= 11 is 0. The molecule has 104 valence electrons. The summed E-state index contributed by atoms with van der Waals surface area (Å²) in [5.74, 6) is 0.730. The number of nitrogens with zero attached hydrogens (tertiary/aromatic N) is 2. The molecule has 4 nitrogen and oxygen atoms in total. The fourth-order valence-electron chi connectivity index (χ4n) is 1.92. The number of benzene rings is 1. The van der Waals surface area contributed by atoms with Crippen LogP contribution in [0.1, 0.15) is 39.0 Å². The molecule has 0 spiro atoms. The molecular weight excluding hydrogens is 240 g/mol. The standard InChI is InChI=1S/C15H22N2O2/c1-3-4-5-6-7-14(12-16)17(18)13-8-10-15(19-2)11-9-13/h8-11,14,18H,3-7H2,1-2H3. The summed E-state index contributed by atoms with van der Waals surface area (Å²) in [6.45, 7) is 2.15. The van der Waals surface area contributed by atoms with E-state index >= 15 is 0 Å². The van der Waals surface area contributed by atoms with Crippen molar-refractivity contribution in [3.8, 4) is 11.8 Å². The van der Waals surface area contributed by atoms with Crippen LogP contribution in [-0.2, 0) is 0 Å². The Balaban J connectivity index is 2.56. The van der Waals surface area contributed by atoms with Gasteiger partial charge < -0.3 is 4.74 Å². The Kier molecular flexibility index (Phi) is 6.76. The number of unbranched alkanes of at least 4 members (excludes halogenated alkanes) is 3. The van der Waals surface area contributed by atoms with Crippen molar-refractivity contribution in [1.29, 1.82) is 5.26 Å². The normalized spacial score (nSPS) is 11.7. The number of hydrogen-bond donors (Lipinski definition) is 1. The third kappa shape index (κ3) is 4.80. The van der Waals surface area contributed by atoms with E-state index in [1.807, 2.05) is 0 Å². The Bertz CT molecular complexity index is 398. The van der Waals surface area contributed by atoms with E-state index in [1.165, 1.54) is 12.8 Å². The summed E-state index contributed by atoms with van der Waals surface area (Å²) < 4.78 is 5.06. The lowest BCUT2D eigenvalue weighted by atomic mass is 10.1. The molecule has 0 saturated carbocycles. The van der Waals surface area contributed by atoms with Gasteiger partial charge in [-0.15, -0.1) is 0 Å². The van der Waals surface area contributed by atoms with Gasteiger partial charge in [-0.25, -0.2) is 5.06 Å². The van der Waals surface area contributed by atoms with Crippen LogP contribution in [0.3, 0.4) is 0 Å². The molecule has 1 atom stereocenters. The van der Waals surface area contributed by atoms with Crippen molar-refractivity contribution in [2.24, 2.45) is 0 Å². The van der Waals surface area contributed by atoms with E-state index in [4.69, 9.17) is 10.00 Å². The van der Waals surface area contributed by atoms with E-state index < -0.39 is 6.04 Å². The van der Waals surface area contributed by atoms with Crippen LogP contribution < -0.4 is 9.80 Å². The molecule has 19 heavy (non-hydrogen) atoms. The van der Waals surface area contributed by atoms with Gasteiger partial charge in [0.2, 0.25) is 0 Å². The monoisotopic (exact) mass is 262 g/mol. The zero-order chi connectivity index (χ0) is 14.1. The fourth-order valence-corrected chi connectivity index (χ4v) is 1.92. The van der Waals surface area contributed by atoms with Crippen LogP contribution >= 0.6 is 0 Å². The summed E-state index contributed by atoms with van der Waals surface area (Å²) in [7, 11) is 1.59. The van der Waals surface area contributed by atoms with Gasteiger partial charge in [-0.2, -0.15) is 5.26 Å². The Morgan fingerprint density at radius 3 is 2.47 bits per heavy atom. The molecule has 1 unspecified atom stereocenters. The average Bonchev–Trinajstić information content (AvgIpc) is 2.47. The minimum Gasteiger partial charge on any atom is -0.497 e. The SMILES string of the molecule is CCCCCCC(C#N)N(O)c1ccc(OC)cc1.